The van der Waals surface area contributed by atoms with Crippen LogP contribution in [0.3, 0.4) is 0 Å². The molecule has 1 unspecified atom stereocenters. The molecule has 0 fully saturated rings. The second-order valence-electron chi connectivity index (χ2n) is 18.1. The zero-order valence-electron chi connectivity index (χ0n) is 38.9. The van der Waals surface area contributed by atoms with Gasteiger partial charge in [0, 0.05) is 50.2 Å². The predicted molar refractivity (Wildman–Crippen MR) is 278 cm³/mol. The average molecular weight is 883 g/mol. The first-order valence-corrected chi connectivity index (χ1v) is 24.0. The van der Waals surface area contributed by atoms with E-state index in [1.807, 2.05) is 48.5 Å². The van der Waals surface area contributed by atoms with Gasteiger partial charge < -0.3 is 28.8 Å². The number of unbranched alkanes of at least 4 members (excludes halogenated alkanes) is 2. The molecule has 10 aromatic rings. The fraction of sp³-hybridized carbons (Fsp3) is 0.213. The molecule has 8 aromatic carbocycles. The summed E-state index contributed by atoms with van der Waals surface area (Å²) in [6.07, 6.45) is 6.12. The minimum atomic E-state index is -0.238. The summed E-state index contributed by atoms with van der Waals surface area (Å²) in [5, 5.41) is 29.4. The molecule has 2 N–H and O–H groups in total. The Morgan fingerprint density at radius 2 is 0.746 bits per heavy atom. The molecule has 0 amide bonds. The molecule has 0 saturated carbocycles. The van der Waals surface area contributed by atoms with Crippen molar-refractivity contribution in [2.45, 2.75) is 84.8 Å². The van der Waals surface area contributed by atoms with E-state index in [0.717, 1.165) is 116 Å². The molecular formula is C61H58N2O4. The lowest BCUT2D eigenvalue weighted by atomic mass is 9.97. The third-order valence-electron chi connectivity index (χ3n) is 13.3. The van der Waals surface area contributed by atoms with Crippen LogP contribution in [0.5, 0.6) is 23.0 Å². The summed E-state index contributed by atoms with van der Waals surface area (Å²) in [7, 11) is 0. The molecule has 0 radical (unpaired) electrons. The van der Waals surface area contributed by atoms with E-state index in [0.29, 0.717) is 17.9 Å². The van der Waals surface area contributed by atoms with Crippen LogP contribution < -0.4 is 9.47 Å². The summed E-state index contributed by atoms with van der Waals surface area (Å²) >= 11 is 0. The number of aryl methyl sites for hydroxylation is 2. The van der Waals surface area contributed by atoms with Gasteiger partial charge in [0.15, 0.2) is 0 Å². The number of nitrogens with zero attached hydrogens (tertiary/aromatic N) is 2. The van der Waals surface area contributed by atoms with E-state index in [1.165, 1.54) is 11.1 Å². The lowest BCUT2D eigenvalue weighted by Gasteiger charge is -2.24. The van der Waals surface area contributed by atoms with E-state index >= 15 is 0 Å². The lowest BCUT2D eigenvalue weighted by molar-refractivity contribution is 0.131. The van der Waals surface area contributed by atoms with Crippen molar-refractivity contribution in [2.75, 3.05) is 0 Å². The summed E-state index contributed by atoms with van der Waals surface area (Å²) in [4.78, 5) is 0. The molecule has 0 aliphatic rings. The Morgan fingerprint density at radius 1 is 0.418 bits per heavy atom. The van der Waals surface area contributed by atoms with Crippen LogP contribution in [-0.2, 0) is 12.8 Å². The number of aromatic nitrogens is 2. The first-order chi connectivity index (χ1) is 32.8. The number of fused-ring (bicyclic) bond motifs is 6. The van der Waals surface area contributed by atoms with Gasteiger partial charge in [-0.2, -0.15) is 0 Å². The molecule has 67 heavy (non-hydrogen) atoms. The van der Waals surface area contributed by atoms with Crippen molar-refractivity contribution >= 4 is 43.6 Å². The monoisotopic (exact) mass is 882 g/mol. The minimum absolute atomic E-state index is 0.215. The summed E-state index contributed by atoms with van der Waals surface area (Å²) in [5.74, 6) is 1.83. The van der Waals surface area contributed by atoms with E-state index in [2.05, 4.69) is 158 Å². The Morgan fingerprint density at radius 3 is 1.10 bits per heavy atom. The molecule has 0 spiro atoms. The van der Waals surface area contributed by atoms with Crippen molar-refractivity contribution in [1.82, 2.24) is 9.13 Å². The van der Waals surface area contributed by atoms with E-state index in [4.69, 9.17) is 9.47 Å². The Kier molecular flexibility index (Phi) is 12.2. The molecule has 2 aromatic heterocycles. The molecule has 336 valence electrons. The van der Waals surface area contributed by atoms with Crippen LogP contribution in [0.4, 0.5) is 0 Å². The summed E-state index contributed by atoms with van der Waals surface area (Å²) in [6.45, 7) is 8.57. The molecule has 2 atom stereocenters. The Bertz CT molecular complexity index is 3060. The van der Waals surface area contributed by atoms with Gasteiger partial charge in [0.2, 0.25) is 0 Å². The lowest BCUT2D eigenvalue weighted by Crippen LogP contribution is -2.23. The maximum Gasteiger partial charge on any atom is 0.147 e. The Hall–Kier alpha value is -7.44. The van der Waals surface area contributed by atoms with E-state index in [-0.39, 0.29) is 23.7 Å². The zero-order chi connectivity index (χ0) is 46.0. The minimum Gasteiger partial charge on any atom is -0.505 e. The second kappa shape index (κ2) is 18.8. The fourth-order valence-electron chi connectivity index (χ4n) is 10.1. The van der Waals surface area contributed by atoms with Crippen molar-refractivity contribution in [1.29, 1.82) is 0 Å². The Balaban J connectivity index is 0.960. The third-order valence-corrected chi connectivity index (χ3v) is 13.3. The van der Waals surface area contributed by atoms with Crippen LogP contribution in [0.25, 0.3) is 77.2 Å². The highest BCUT2D eigenvalue weighted by molar-refractivity contribution is 6.10. The van der Waals surface area contributed by atoms with Crippen molar-refractivity contribution in [3.8, 4) is 56.6 Å². The molecule has 0 saturated heterocycles. The van der Waals surface area contributed by atoms with Crippen LogP contribution in [0.1, 0.15) is 70.9 Å². The first-order valence-electron chi connectivity index (χ1n) is 24.0. The van der Waals surface area contributed by atoms with Crippen LogP contribution in [0, 0.1) is 0 Å². The van der Waals surface area contributed by atoms with Crippen LogP contribution in [0.2, 0.25) is 0 Å². The van der Waals surface area contributed by atoms with Gasteiger partial charge >= 0.3 is 0 Å². The number of phenolic OH excluding ortho intramolecular Hbond substituents is 2. The van der Waals surface area contributed by atoms with Crippen LogP contribution >= 0.6 is 0 Å². The number of hydrogen-bond acceptors (Lipinski definition) is 4. The van der Waals surface area contributed by atoms with Gasteiger partial charge in [-0.15, -0.1) is 0 Å². The number of ether oxygens (including phenoxy) is 2. The number of rotatable bonds is 16. The highest BCUT2D eigenvalue weighted by atomic mass is 16.5. The van der Waals surface area contributed by atoms with E-state index < -0.39 is 0 Å². The van der Waals surface area contributed by atoms with Gasteiger partial charge in [-0.25, -0.2) is 0 Å². The van der Waals surface area contributed by atoms with Gasteiger partial charge in [0.1, 0.15) is 23.0 Å². The molecule has 0 aliphatic heterocycles. The normalized spacial score (nSPS) is 12.6. The molecular weight excluding hydrogens is 825 g/mol. The standard InChI is InChI=1S/C61H58N2O4/c1-5-7-21-42-36-50(60(64)56(38-42)62-52-29-15-9-23-44(52)45-24-10-16-30-53(45)62)48-27-13-19-33-58(48)66-40(3)35-41(4)67-59-34-20-14-28-49(59)51-37-43(22-8-6-2)39-57(61(51)65)63-54-31-17-11-25-46(54)47-26-12-18-32-55(47)63/h9-20,23-34,36-41,64-65H,5-8,21-22,35H2,1-4H3/t40-,41?/m0/s1. The molecule has 10 rings (SSSR count). The molecule has 0 bridgehead atoms. The summed E-state index contributed by atoms with van der Waals surface area (Å²) in [6, 6.07) is 58.3. The predicted octanol–water partition coefficient (Wildman–Crippen LogP) is 15.9. The smallest absolute Gasteiger partial charge is 0.147 e. The molecule has 2 heterocycles. The van der Waals surface area contributed by atoms with E-state index in [1.54, 1.807) is 0 Å². The van der Waals surface area contributed by atoms with Gasteiger partial charge in [-0.3, -0.25) is 0 Å². The quantitative estimate of drug-likeness (QED) is 0.101. The average Bonchev–Trinajstić information content (AvgIpc) is 3.87. The van der Waals surface area contributed by atoms with Crippen molar-refractivity contribution in [3.05, 3.63) is 181 Å². The SMILES string of the molecule is CCCCc1cc(-c2ccccc2OC(C)C[C@H](C)Oc2ccccc2-c2cc(CCCC)cc(-n3c4ccccc4c4ccccc43)c2O)c(O)c(-n2c3ccccc3c3ccccc32)c1. The Labute approximate surface area is 393 Å². The third kappa shape index (κ3) is 8.26. The van der Waals surface area contributed by atoms with Crippen LogP contribution in [0.15, 0.2) is 170 Å². The van der Waals surface area contributed by atoms with Gasteiger partial charge in [-0.05, 0) is 111 Å². The first kappa shape index (κ1) is 43.5. The topological polar surface area (TPSA) is 68.8 Å². The summed E-state index contributed by atoms with van der Waals surface area (Å²) < 4.78 is 18.1. The molecule has 0 aliphatic carbocycles. The van der Waals surface area contributed by atoms with Gasteiger partial charge in [0.25, 0.3) is 0 Å². The maximum atomic E-state index is 12.4. The van der Waals surface area contributed by atoms with Crippen molar-refractivity contribution in [2.24, 2.45) is 0 Å². The number of phenols is 2. The highest BCUT2D eigenvalue weighted by Gasteiger charge is 2.24. The largest absolute Gasteiger partial charge is 0.505 e. The van der Waals surface area contributed by atoms with Gasteiger partial charge in [-0.1, -0.05) is 136 Å². The number of aromatic hydroxyl groups is 2. The number of para-hydroxylation sites is 6. The number of hydrogen-bond donors (Lipinski definition) is 2. The zero-order valence-corrected chi connectivity index (χ0v) is 38.9. The molecule has 6 heteroatoms. The van der Waals surface area contributed by atoms with Crippen molar-refractivity contribution in [3.63, 3.8) is 0 Å². The second-order valence-corrected chi connectivity index (χ2v) is 18.1. The van der Waals surface area contributed by atoms with Gasteiger partial charge in [0.05, 0.1) is 45.6 Å². The fourth-order valence-corrected chi connectivity index (χ4v) is 10.1. The maximum absolute atomic E-state index is 12.4. The number of benzene rings is 8. The van der Waals surface area contributed by atoms with Crippen LogP contribution in [-0.4, -0.2) is 31.6 Å². The van der Waals surface area contributed by atoms with E-state index in [9.17, 15) is 10.2 Å². The molecule has 6 nitrogen and oxygen atoms in total. The van der Waals surface area contributed by atoms with Crippen molar-refractivity contribution < 1.29 is 19.7 Å². The highest BCUT2D eigenvalue weighted by Crippen LogP contribution is 2.46. The summed E-state index contributed by atoms with van der Waals surface area (Å²) in [5.41, 5.74) is 11.2.